The highest BCUT2D eigenvalue weighted by Crippen LogP contribution is 2.22. The van der Waals surface area contributed by atoms with Crippen LogP contribution in [0.4, 0.5) is 0 Å². The van der Waals surface area contributed by atoms with Crippen LogP contribution < -0.4 is 10.6 Å². The number of hydrogen-bond acceptors (Lipinski definition) is 2. The number of hydrogen-bond donors (Lipinski definition) is 2. The summed E-state index contributed by atoms with van der Waals surface area (Å²) in [7, 11) is 0. The van der Waals surface area contributed by atoms with Gasteiger partial charge in [-0.3, -0.25) is 4.79 Å². The zero-order chi connectivity index (χ0) is 15.4. The SMILES string of the molecule is CC(NC(=O)C1CCNC1)c1ccc(-c2ccccc2)cc1. The van der Waals surface area contributed by atoms with E-state index in [4.69, 9.17) is 0 Å². The van der Waals surface area contributed by atoms with Crippen molar-refractivity contribution in [1.29, 1.82) is 0 Å². The van der Waals surface area contributed by atoms with Gasteiger partial charge in [0.05, 0.1) is 12.0 Å². The standard InChI is InChI=1S/C19H22N2O/c1-14(21-19(22)18-11-12-20-13-18)15-7-9-17(10-8-15)16-5-3-2-4-6-16/h2-10,14,18,20H,11-13H2,1H3,(H,21,22). The second-order valence-electron chi connectivity index (χ2n) is 5.91. The summed E-state index contributed by atoms with van der Waals surface area (Å²) in [6.45, 7) is 3.78. The molecule has 2 aromatic rings. The zero-order valence-electron chi connectivity index (χ0n) is 12.9. The average Bonchev–Trinajstić information content (AvgIpc) is 3.10. The molecule has 3 rings (SSSR count). The molecule has 3 heteroatoms. The molecular formula is C19H22N2O. The number of nitrogens with one attached hydrogen (secondary N) is 2. The molecule has 1 heterocycles. The Morgan fingerprint density at radius 2 is 1.77 bits per heavy atom. The van der Waals surface area contributed by atoms with E-state index in [0.717, 1.165) is 25.1 Å². The van der Waals surface area contributed by atoms with Crippen molar-refractivity contribution in [2.45, 2.75) is 19.4 Å². The van der Waals surface area contributed by atoms with Crippen molar-refractivity contribution in [2.75, 3.05) is 13.1 Å². The van der Waals surface area contributed by atoms with Crippen LogP contribution in [0.2, 0.25) is 0 Å². The maximum Gasteiger partial charge on any atom is 0.224 e. The molecule has 1 saturated heterocycles. The number of carbonyl (C=O) groups excluding carboxylic acids is 1. The Kier molecular flexibility index (Phi) is 4.54. The normalized spacial score (nSPS) is 18.9. The Morgan fingerprint density at radius 3 is 2.41 bits per heavy atom. The molecule has 0 radical (unpaired) electrons. The van der Waals surface area contributed by atoms with E-state index in [0.29, 0.717) is 0 Å². The molecule has 2 N–H and O–H groups in total. The summed E-state index contributed by atoms with van der Waals surface area (Å²) in [4.78, 5) is 12.2. The van der Waals surface area contributed by atoms with Crippen molar-refractivity contribution in [2.24, 2.45) is 5.92 Å². The molecule has 0 aliphatic carbocycles. The predicted octanol–water partition coefficient (Wildman–Crippen LogP) is 3.14. The molecule has 1 aliphatic heterocycles. The van der Waals surface area contributed by atoms with E-state index in [9.17, 15) is 4.79 Å². The minimum absolute atomic E-state index is 0.0397. The Morgan fingerprint density at radius 1 is 1.09 bits per heavy atom. The first-order valence-electron chi connectivity index (χ1n) is 7.90. The van der Waals surface area contributed by atoms with E-state index < -0.39 is 0 Å². The third-order valence-corrected chi connectivity index (χ3v) is 4.31. The largest absolute Gasteiger partial charge is 0.349 e. The van der Waals surface area contributed by atoms with Gasteiger partial charge in [-0.25, -0.2) is 0 Å². The summed E-state index contributed by atoms with van der Waals surface area (Å²) < 4.78 is 0. The second-order valence-corrected chi connectivity index (χ2v) is 5.91. The molecule has 1 fully saturated rings. The summed E-state index contributed by atoms with van der Waals surface area (Å²) in [5.41, 5.74) is 3.55. The molecule has 2 unspecified atom stereocenters. The lowest BCUT2D eigenvalue weighted by Gasteiger charge is -2.17. The summed E-state index contributed by atoms with van der Waals surface area (Å²) in [6, 6.07) is 18.8. The highest BCUT2D eigenvalue weighted by molar-refractivity contribution is 5.79. The molecule has 1 aliphatic rings. The molecule has 3 nitrogen and oxygen atoms in total. The van der Waals surface area contributed by atoms with Crippen molar-refractivity contribution in [3.05, 3.63) is 60.2 Å². The van der Waals surface area contributed by atoms with Gasteiger partial charge >= 0.3 is 0 Å². The summed E-state index contributed by atoms with van der Waals surface area (Å²) >= 11 is 0. The Balaban J connectivity index is 1.66. The van der Waals surface area contributed by atoms with Gasteiger partial charge in [0.2, 0.25) is 5.91 Å². The minimum Gasteiger partial charge on any atom is -0.349 e. The first-order chi connectivity index (χ1) is 10.7. The van der Waals surface area contributed by atoms with E-state index >= 15 is 0 Å². The van der Waals surface area contributed by atoms with Crippen LogP contribution in [0.3, 0.4) is 0 Å². The topological polar surface area (TPSA) is 41.1 Å². The molecule has 22 heavy (non-hydrogen) atoms. The maximum atomic E-state index is 12.2. The summed E-state index contributed by atoms with van der Waals surface area (Å²) in [6.07, 6.45) is 0.936. The fraction of sp³-hybridized carbons (Fsp3) is 0.316. The van der Waals surface area contributed by atoms with Crippen LogP contribution in [0.5, 0.6) is 0 Å². The van der Waals surface area contributed by atoms with Crippen molar-refractivity contribution >= 4 is 5.91 Å². The first-order valence-corrected chi connectivity index (χ1v) is 7.90. The van der Waals surface area contributed by atoms with Crippen LogP contribution in [0.1, 0.15) is 24.9 Å². The highest BCUT2D eigenvalue weighted by atomic mass is 16.2. The predicted molar refractivity (Wildman–Crippen MR) is 89.4 cm³/mol. The van der Waals surface area contributed by atoms with Gasteiger partial charge in [-0.05, 0) is 36.6 Å². The Hall–Kier alpha value is -2.13. The van der Waals surface area contributed by atoms with Crippen molar-refractivity contribution in [3.63, 3.8) is 0 Å². The van der Waals surface area contributed by atoms with Crippen LogP contribution in [-0.4, -0.2) is 19.0 Å². The van der Waals surface area contributed by atoms with Crippen molar-refractivity contribution < 1.29 is 4.79 Å². The number of benzene rings is 2. The Bertz CT molecular complexity index is 616. The van der Waals surface area contributed by atoms with Crippen LogP contribution in [0.15, 0.2) is 54.6 Å². The highest BCUT2D eigenvalue weighted by Gasteiger charge is 2.23. The van der Waals surface area contributed by atoms with Gasteiger partial charge < -0.3 is 10.6 Å². The van der Waals surface area contributed by atoms with Gasteiger partial charge in [0.25, 0.3) is 0 Å². The van der Waals surface area contributed by atoms with Crippen LogP contribution in [-0.2, 0) is 4.79 Å². The molecule has 0 saturated carbocycles. The smallest absolute Gasteiger partial charge is 0.224 e. The first kappa shape index (κ1) is 14.8. The van der Waals surface area contributed by atoms with E-state index in [1.165, 1.54) is 11.1 Å². The third-order valence-electron chi connectivity index (χ3n) is 4.31. The van der Waals surface area contributed by atoms with Gasteiger partial charge in [-0.2, -0.15) is 0 Å². The van der Waals surface area contributed by atoms with E-state index in [1.54, 1.807) is 0 Å². The number of amides is 1. The van der Waals surface area contributed by atoms with Gasteiger partial charge in [0.1, 0.15) is 0 Å². The van der Waals surface area contributed by atoms with Gasteiger partial charge in [0, 0.05) is 6.54 Å². The van der Waals surface area contributed by atoms with Crippen molar-refractivity contribution in [3.8, 4) is 11.1 Å². The Labute approximate surface area is 131 Å². The van der Waals surface area contributed by atoms with E-state index in [1.807, 2.05) is 25.1 Å². The third kappa shape index (κ3) is 3.37. The monoisotopic (exact) mass is 294 g/mol. The lowest BCUT2D eigenvalue weighted by atomic mass is 10.0. The number of rotatable bonds is 4. The molecule has 2 atom stereocenters. The van der Waals surface area contributed by atoms with Gasteiger partial charge in [-0.1, -0.05) is 54.6 Å². The van der Waals surface area contributed by atoms with E-state index in [-0.39, 0.29) is 17.9 Å². The molecular weight excluding hydrogens is 272 g/mol. The van der Waals surface area contributed by atoms with Crippen LogP contribution in [0, 0.1) is 5.92 Å². The van der Waals surface area contributed by atoms with Gasteiger partial charge in [0.15, 0.2) is 0 Å². The second kappa shape index (κ2) is 6.75. The van der Waals surface area contributed by atoms with Crippen LogP contribution in [0.25, 0.3) is 11.1 Å². The fourth-order valence-electron chi connectivity index (χ4n) is 2.89. The molecule has 0 bridgehead atoms. The zero-order valence-corrected chi connectivity index (χ0v) is 12.9. The molecule has 0 aromatic heterocycles. The van der Waals surface area contributed by atoms with E-state index in [2.05, 4.69) is 47.0 Å². The van der Waals surface area contributed by atoms with Gasteiger partial charge in [-0.15, -0.1) is 0 Å². The summed E-state index contributed by atoms with van der Waals surface area (Å²) in [5.74, 6) is 0.274. The fourth-order valence-corrected chi connectivity index (χ4v) is 2.89. The van der Waals surface area contributed by atoms with Crippen LogP contribution >= 0.6 is 0 Å². The number of carbonyl (C=O) groups is 1. The lowest BCUT2D eigenvalue weighted by molar-refractivity contribution is -0.125. The lowest BCUT2D eigenvalue weighted by Crippen LogP contribution is -2.33. The maximum absolute atomic E-state index is 12.2. The van der Waals surface area contributed by atoms with Crippen molar-refractivity contribution in [1.82, 2.24) is 10.6 Å². The molecule has 2 aromatic carbocycles. The average molecular weight is 294 g/mol. The molecule has 114 valence electrons. The summed E-state index contributed by atoms with van der Waals surface area (Å²) in [5, 5.41) is 6.35. The quantitative estimate of drug-likeness (QED) is 0.909. The minimum atomic E-state index is 0.0397. The molecule has 0 spiro atoms. The molecule has 1 amide bonds.